The molecule has 1 aliphatic heterocycles. The Bertz CT molecular complexity index is 559. The number of fused-ring (bicyclic) bond motifs is 2. The van der Waals surface area contributed by atoms with Gasteiger partial charge in [0.1, 0.15) is 12.2 Å². The maximum absolute atomic E-state index is 11.9. The quantitative estimate of drug-likeness (QED) is 0.423. The molecule has 1 heterocycles. The van der Waals surface area contributed by atoms with Gasteiger partial charge in [0, 0.05) is 24.8 Å². The van der Waals surface area contributed by atoms with E-state index in [1.807, 2.05) is 0 Å². The molecule has 2 aliphatic carbocycles. The van der Waals surface area contributed by atoms with Crippen molar-refractivity contribution in [2.45, 2.75) is 38.4 Å². The molecule has 4 heteroatoms. The van der Waals surface area contributed by atoms with Crippen molar-refractivity contribution < 1.29 is 19.1 Å². The first kappa shape index (κ1) is 14.1. The number of carbonyl (C=O) groups excluding carboxylic acids is 2. The van der Waals surface area contributed by atoms with Crippen LogP contribution in [0.25, 0.3) is 0 Å². The fourth-order valence-corrected chi connectivity index (χ4v) is 4.09. The van der Waals surface area contributed by atoms with E-state index >= 15 is 0 Å². The lowest BCUT2D eigenvalue weighted by atomic mass is 9.80. The highest BCUT2D eigenvalue weighted by Crippen LogP contribution is 2.51. The third-order valence-corrected chi connectivity index (χ3v) is 5.00. The molecule has 21 heavy (non-hydrogen) atoms. The highest BCUT2D eigenvalue weighted by molar-refractivity contribution is 5.91. The van der Waals surface area contributed by atoms with Gasteiger partial charge in [-0.3, -0.25) is 4.79 Å². The van der Waals surface area contributed by atoms with Crippen LogP contribution in [0.1, 0.15) is 26.2 Å². The maximum atomic E-state index is 11.9. The second kappa shape index (κ2) is 4.86. The summed E-state index contributed by atoms with van der Waals surface area (Å²) in [5.74, 6) is -0.765. The SMILES string of the molecule is C=C1CC[C@@H]2C(=C)C[C@@H]3OC(=O)C(=C)[C@H]3[C@H](OC(C)=O)[C@@H]12. The van der Waals surface area contributed by atoms with E-state index in [1.54, 1.807) is 0 Å². The molecule has 0 spiro atoms. The molecular weight excluding hydrogens is 268 g/mol. The normalized spacial score (nSPS) is 38.6. The zero-order chi connectivity index (χ0) is 15.3. The Balaban J connectivity index is 2.05. The van der Waals surface area contributed by atoms with Crippen LogP contribution in [0.3, 0.4) is 0 Å². The molecule has 0 radical (unpaired) electrons. The Kier molecular flexibility index (Phi) is 3.27. The van der Waals surface area contributed by atoms with Crippen molar-refractivity contribution in [2.24, 2.45) is 17.8 Å². The summed E-state index contributed by atoms with van der Waals surface area (Å²) in [4.78, 5) is 23.4. The van der Waals surface area contributed by atoms with Crippen LogP contribution in [0.15, 0.2) is 36.5 Å². The third-order valence-electron chi connectivity index (χ3n) is 5.00. The van der Waals surface area contributed by atoms with Gasteiger partial charge >= 0.3 is 11.9 Å². The number of hydrogen-bond acceptors (Lipinski definition) is 4. The smallest absolute Gasteiger partial charge is 0.334 e. The number of ether oxygens (including phenoxy) is 2. The molecule has 3 aliphatic rings. The minimum atomic E-state index is -0.425. The molecule has 3 fully saturated rings. The van der Waals surface area contributed by atoms with E-state index in [4.69, 9.17) is 9.47 Å². The van der Waals surface area contributed by atoms with Crippen LogP contribution in [-0.4, -0.2) is 24.1 Å². The average Bonchev–Trinajstić information content (AvgIpc) is 2.86. The summed E-state index contributed by atoms with van der Waals surface area (Å²) >= 11 is 0. The highest BCUT2D eigenvalue weighted by atomic mass is 16.6. The molecule has 0 aromatic carbocycles. The highest BCUT2D eigenvalue weighted by Gasteiger charge is 2.54. The summed E-state index contributed by atoms with van der Waals surface area (Å²) in [7, 11) is 0. The summed E-state index contributed by atoms with van der Waals surface area (Å²) in [5, 5.41) is 0. The summed E-state index contributed by atoms with van der Waals surface area (Å²) in [5.41, 5.74) is 2.53. The lowest BCUT2D eigenvalue weighted by Gasteiger charge is -2.31. The van der Waals surface area contributed by atoms with Crippen molar-refractivity contribution in [3.63, 3.8) is 0 Å². The van der Waals surface area contributed by atoms with Gasteiger partial charge in [-0.15, -0.1) is 0 Å². The van der Waals surface area contributed by atoms with E-state index in [-0.39, 0.29) is 29.8 Å². The van der Waals surface area contributed by atoms with E-state index in [9.17, 15) is 9.59 Å². The Morgan fingerprint density at radius 2 is 1.95 bits per heavy atom. The molecule has 0 aromatic rings. The van der Waals surface area contributed by atoms with Crippen molar-refractivity contribution in [1.82, 2.24) is 0 Å². The first-order chi connectivity index (χ1) is 9.90. The molecule has 0 bridgehead atoms. The molecule has 3 rings (SSSR count). The molecule has 1 saturated heterocycles. The molecule has 0 unspecified atom stereocenters. The predicted octanol–water partition coefficient (Wildman–Crippen LogP) is 2.56. The van der Waals surface area contributed by atoms with E-state index in [1.165, 1.54) is 6.92 Å². The van der Waals surface area contributed by atoms with Gasteiger partial charge in [-0.2, -0.15) is 0 Å². The first-order valence-electron chi connectivity index (χ1n) is 7.32. The second-order valence-electron chi connectivity index (χ2n) is 6.26. The van der Waals surface area contributed by atoms with E-state index in [2.05, 4.69) is 19.7 Å². The van der Waals surface area contributed by atoms with Crippen LogP contribution < -0.4 is 0 Å². The molecule has 4 nitrogen and oxygen atoms in total. The molecule has 2 saturated carbocycles. The molecule has 112 valence electrons. The zero-order valence-electron chi connectivity index (χ0n) is 12.3. The number of esters is 2. The lowest BCUT2D eigenvalue weighted by molar-refractivity contribution is -0.152. The third kappa shape index (κ3) is 2.13. The fraction of sp³-hybridized carbons (Fsp3) is 0.529. The average molecular weight is 288 g/mol. The van der Waals surface area contributed by atoms with Crippen LogP contribution in [0.2, 0.25) is 0 Å². The van der Waals surface area contributed by atoms with Gasteiger partial charge < -0.3 is 9.47 Å². The van der Waals surface area contributed by atoms with Gasteiger partial charge in [0.05, 0.1) is 5.92 Å². The van der Waals surface area contributed by atoms with E-state index in [0.717, 1.165) is 24.0 Å². The maximum Gasteiger partial charge on any atom is 0.334 e. The monoisotopic (exact) mass is 288 g/mol. The Morgan fingerprint density at radius 1 is 1.24 bits per heavy atom. The Labute approximate surface area is 124 Å². The van der Waals surface area contributed by atoms with Gasteiger partial charge in [-0.05, 0) is 18.8 Å². The molecule has 5 atom stereocenters. The fourth-order valence-electron chi connectivity index (χ4n) is 4.09. The van der Waals surface area contributed by atoms with Crippen molar-refractivity contribution in [1.29, 1.82) is 0 Å². The molecule has 0 amide bonds. The Hall–Kier alpha value is -1.84. The van der Waals surface area contributed by atoms with Crippen molar-refractivity contribution in [3.8, 4) is 0 Å². The first-order valence-corrected chi connectivity index (χ1v) is 7.32. The van der Waals surface area contributed by atoms with Crippen LogP contribution in [0.4, 0.5) is 0 Å². The number of rotatable bonds is 1. The molecular formula is C17H20O4. The van der Waals surface area contributed by atoms with Gasteiger partial charge in [0.15, 0.2) is 0 Å². The summed E-state index contributed by atoms with van der Waals surface area (Å²) in [6.45, 7) is 13.6. The van der Waals surface area contributed by atoms with Crippen molar-refractivity contribution >= 4 is 11.9 Å². The number of carbonyl (C=O) groups is 2. The van der Waals surface area contributed by atoms with Crippen LogP contribution in [0, 0.1) is 17.8 Å². The van der Waals surface area contributed by atoms with Gasteiger partial charge in [-0.25, -0.2) is 4.79 Å². The van der Waals surface area contributed by atoms with E-state index < -0.39 is 12.1 Å². The van der Waals surface area contributed by atoms with Crippen molar-refractivity contribution in [2.75, 3.05) is 0 Å². The summed E-state index contributed by atoms with van der Waals surface area (Å²) in [6.07, 6.45) is 1.75. The lowest BCUT2D eigenvalue weighted by Crippen LogP contribution is -2.38. The minimum Gasteiger partial charge on any atom is -0.461 e. The predicted molar refractivity (Wildman–Crippen MR) is 77.2 cm³/mol. The largest absolute Gasteiger partial charge is 0.461 e. The summed E-state index contributed by atoms with van der Waals surface area (Å²) in [6, 6.07) is 0. The van der Waals surface area contributed by atoms with Crippen molar-refractivity contribution in [3.05, 3.63) is 36.5 Å². The van der Waals surface area contributed by atoms with Crippen LogP contribution in [-0.2, 0) is 19.1 Å². The topological polar surface area (TPSA) is 52.6 Å². The number of hydrogen-bond donors (Lipinski definition) is 0. The second-order valence-corrected chi connectivity index (χ2v) is 6.26. The van der Waals surface area contributed by atoms with E-state index in [0.29, 0.717) is 12.0 Å². The standard InChI is InChI=1S/C17H20O4/c1-8-5-6-12-9(2)7-13-15(10(3)17(19)21-13)16(14(8)12)20-11(4)18/h12-16H,1-3,5-7H2,4H3/t12-,13+,14+,15-,16-/m1/s1. The van der Waals surface area contributed by atoms with Crippen LogP contribution in [0.5, 0.6) is 0 Å². The zero-order valence-corrected chi connectivity index (χ0v) is 12.3. The molecule has 0 N–H and O–H groups in total. The minimum absolute atomic E-state index is 0.0163. The Morgan fingerprint density at radius 3 is 2.62 bits per heavy atom. The van der Waals surface area contributed by atoms with Gasteiger partial charge in [-0.1, -0.05) is 30.9 Å². The summed E-state index contributed by atoms with van der Waals surface area (Å²) < 4.78 is 11.0. The van der Waals surface area contributed by atoms with Gasteiger partial charge in [0.25, 0.3) is 0 Å². The van der Waals surface area contributed by atoms with Gasteiger partial charge in [0.2, 0.25) is 0 Å². The molecule has 0 aromatic heterocycles. The van der Waals surface area contributed by atoms with Crippen LogP contribution >= 0.6 is 0 Å².